The van der Waals surface area contributed by atoms with Gasteiger partial charge in [-0.15, -0.1) is 45.3 Å². The van der Waals surface area contributed by atoms with Crippen LogP contribution in [0.25, 0.3) is 106 Å². The quantitative estimate of drug-likeness (QED) is 0.0343. The van der Waals surface area contributed by atoms with Crippen molar-refractivity contribution in [3.8, 4) is 95.3 Å². The lowest BCUT2D eigenvalue weighted by atomic mass is 9.65. The van der Waals surface area contributed by atoms with Crippen molar-refractivity contribution in [1.82, 2.24) is 19.9 Å². The maximum absolute atomic E-state index is 14.3. The Bertz CT molecular complexity index is 6720. The fraction of sp³-hybridized carbons (Fsp3) is 0.356. The number of hydrogen-bond acceptors (Lipinski definition) is 16. The van der Waals surface area contributed by atoms with E-state index in [1.807, 2.05) is 83.3 Å². The molecule has 2 unspecified atom stereocenters. The van der Waals surface area contributed by atoms with Gasteiger partial charge in [0.15, 0.2) is 0 Å². The molecule has 0 fully saturated rings. The molecule has 0 saturated heterocycles. The van der Waals surface area contributed by atoms with Crippen molar-refractivity contribution in [1.29, 1.82) is 0 Å². The summed E-state index contributed by atoms with van der Waals surface area (Å²) in [5, 5.41) is 0. The van der Waals surface area contributed by atoms with Crippen molar-refractivity contribution in [3.63, 3.8) is 0 Å². The molecule has 0 amide bonds. The number of aryl methyl sites for hydroxylation is 4. The highest BCUT2D eigenvalue weighted by Crippen LogP contribution is 2.68. The summed E-state index contributed by atoms with van der Waals surface area (Å²) in [6, 6.07) is 74.3. The van der Waals surface area contributed by atoms with E-state index in [2.05, 4.69) is 189 Å². The lowest BCUT2D eigenvalue weighted by Gasteiger charge is -2.35. The molecule has 6 aliphatic rings. The molecular weight excluding hydrogens is 1790 g/mol. The van der Waals surface area contributed by atoms with Crippen LogP contribution in [0.2, 0.25) is 0 Å². The van der Waals surface area contributed by atoms with E-state index in [4.69, 9.17) is 46.9 Å². The molecule has 6 aromatic heterocycles. The Morgan fingerprint density at radius 3 is 0.985 bits per heavy atom. The second kappa shape index (κ2) is 39.9. The van der Waals surface area contributed by atoms with Gasteiger partial charge in [0.05, 0.1) is 67.5 Å². The van der Waals surface area contributed by atoms with Crippen LogP contribution in [-0.4, -0.2) is 44.7 Å². The first-order chi connectivity index (χ1) is 66.9. The molecule has 18 heteroatoms. The standard InChI is InChI=1S/C118H118N8O4S6/c1-9-17-23-27-37-73-45-53-77(54-46-73)117(78-55-47-74(48-56-78)38-28-24-18-10-2)87-61-86-88(62-85(87)113-89(117)63-99(133-113)115-95(129-69-71(15-7)35-21-13-5)67-97(131-115)101-105-91(65-93-107(101)125-135-123-93)119-109-103(121-105)81-41-31-33-43-83(81)111(109)127)118(79-57-49-75(50-58-79)39-29-25-19-11-3,80-59-51-76(52-60-80)40-30-26-20-12-4)90-64-100(134-114(86)90)116-96(130-70-72(16-8)36-22-14-6)68-98(132-116)102-106-92(66-94-108(102)126-136-124-94)120-110-104(122-106)82-42-32-34-44-84(82)112(110)128/h31-34,41-68,71-72H,9-30,35-40,69-70H2,1-8H3. The van der Waals surface area contributed by atoms with Gasteiger partial charge in [-0.05, 0) is 202 Å². The summed E-state index contributed by atoms with van der Waals surface area (Å²) in [6.07, 6.45) is 31.7. The molecule has 9 aromatic carbocycles. The van der Waals surface area contributed by atoms with Crippen molar-refractivity contribution in [2.75, 3.05) is 13.2 Å². The molecule has 21 rings (SSSR count). The summed E-state index contributed by atoms with van der Waals surface area (Å²) in [6.45, 7) is 19.5. The van der Waals surface area contributed by atoms with Crippen LogP contribution in [0.3, 0.4) is 0 Å². The van der Waals surface area contributed by atoms with Crippen LogP contribution in [-0.2, 0) is 59.2 Å². The number of benzene rings is 9. The average Bonchev–Trinajstić information content (AvgIpc) is 1.47. The van der Waals surface area contributed by atoms with Crippen LogP contribution in [0.1, 0.15) is 308 Å². The Morgan fingerprint density at radius 2 is 0.647 bits per heavy atom. The molecule has 690 valence electrons. The van der Waals surface area contributed by atoms with Crippen molar-refractivity contribution in [2.24, 2.45) is 29.3 Å². The van der Waals surface area contributed by atoms with Gasteiger partial charge in [0.2, 0.25) is 11.6 Å². The van der Waals surface area contributed by atoms with E-state index in [9.17, 15) is 9.59 Å². The second-order valence-corrected chi connectivity index (χ2v) is 43.6. The predicted octanol–water partition coefficient (Wildman–Crippen LogP) is 34.8. The number of carbonyl (C=O) groups excluding carboxylic acids is 2. The number of nitrogens with zero attached hydrogens (tertiary/aromatic N) is 8. The molecule has 136 heavy (non-hydrogen) atoms. The van der Waals surface area contributed by atoms with Crippen LogP contribution < -0.4 is 9.47 Å². The maximum atomic E-state index is 14.3. The Balaban J connectivity index is 0.828. The Hall–Kier alpha value is -11.0. The molecule has 0 saturated carbocycles. The number of aromatic nitrogens is 4. The number of ketones is 2. The summed E-state index contributed by atoms with van der Waals surface area (Å²) in [7, 11) is 0. The number of fused-ring (bicyclic) bond motifs is 16. The molecular formula is C118H118N8O4S6. The fourth-order valence-electron chi connectivity index (χ4n) is 22.0. The van der Waals surface area contributed by atoms with E-state index in [-0.39, 0.29) is 11.6 Å². The summed E-state index contributed by atoms with van der Waals surface area (Å²) in [5.41, 5.74) is 28.1. The van der Waals surface area contributed by atoms with Gasteiger partial charge >= 0.3 is 0 Å². The van der Waals surface area contributed by atoms with E-state index < -0.39 is 10.8 Å². The van der Waals surface area contributed by atoms with E-state index in [0.29, 0.717) is 92.4 Å². The zero-order valence-electron chi connectivity index (χ0n) is 79.5. The van der Waals surface area contributed by atoms with Crippen LogP contribution >= 0.6 is 45.3 Å². The summed E-state index contributed by atoms with van der Waals surface area (Å²) in [5.74, 6) is 2.12. The molecule has 0 radical (unpaired) electrons. The van der Waals surface area contributed by atoms with Gasteiger partial charge in [-0.2, -0.15) is 17.5 Å². The number of unbranched alkanes of at least 4 members (excludes halogenated alkanes) is 14. The van der Waals surface area contributed by atoms with E-state index >= 15 is 0 Å². The maximum Gasteiger partial charge on any atom is 0.214 e. The second-order valence-electron chi connectivity index (χ2n) is 38.3. The first-order valence-electron chi connectivity index (χ1n) is 50.5. The third kappa shape index (κ3) is 16.5. The van der Waals surface area contributed by atoms with Crippen molar-refractivity contribution >= 4 is 124 Å². The van der Waals surface area contributed by atoms with Crippen LogP contribution in [0.5, 0.6) is 11.5 Å². The zero-order valence-corrected chi connectivity index (χ0v) is 84.4. The summed E-state index contributed by atoms with van der Waals surface area (Å²) < 4.78 is 35.2. The third-order valence-corrected chi connectivity index (χ3v) is 35.6. The SMILES string of the molecule is CCCCCCc1ccc(C2(c3ccc(CCCCCC)cc3)c3cc4c(cc3-c3sc(-c5sc(-c6c7c(cc8nc9c(nc68)-c6ccccc6C9=O)N=S=N7)cc5OCC(CC)CCCC)cc32)C(c2ccc(CCCCCC)cc2)(c2ccc(CCCCCC)cc2)c2cc(-c3sc(-c5c6c(cc7nc8c(nc57)-c5ccccc5C8=O)N=S=N6)cc3OCC(CC)CCCC)sc2-4)cc1. The van der Waals surface area contributed by atoms with Crippen LogP contribution in [0, 0.1) is 11.8 Å². The Labute approximate surface area is 823 Å². The summed E-state index contributed by atoms with van der Waals surface area (Å²) in [4.78, 5) is 58.9. The molecule has 15 aromatic rings. The van der Waals surface area contributed by atoms with Crippen molar-refractivity contribution in [2.45, 2.75) is 246 Å². The average molecular weight is 1900 g/mol. The molecule has 2 atom stereocenters. The van der Waals surface area contributed by atoms with Crippen LogP contribution in [0.4, 0.5) is 22.7 Å². The molecule has 8 heterocycles. The normalized spacial score (nSPS) is 14.3. The van der Waals surface area contributed by atoms with Gasteiger partial charge < -0.3 is 9.47 Å². The minimum atomic E-state index is -0.851. The number of rotatable bonds is 42. The highest BCUT2D eigenvalue weighted by Gasteiger charge is 2.54. The first kappa shape index (κ1) is 91.5. The van der Waals surface area contributed by atoms with Gasteiger partial charge in [-0.3, -0.25) is 9.59 Å². The van der Waals surface area contributed by atoms with E-state index in [1.165, 1.54) is 187 Å². The van der Waals surface area contributed by atoms with Gasteiger partial charge in [-0.25, -0.2) is 19.9 Å². The molecule has 0 N–H and O–H groups in total. The predicted molar refractivity (Wildman–Crippen MR) is 570 cm³/mol. The van der Waals surface area contributed by atoms with E-state index in [0.717, 1.165) is 177 Å². The molecule has 0 bridgehead atoms. The van der Waals surface area contributed by atoms with Gasteiger partial charge in [0.1, 0.15) is 68.1 Å². The van der Waals surface area contributed by atoms with Gasteiger partial charge in [-0.1, -0.05) is 317 Å². The highest BCUT2D eigenvalue weighted by molar-refractivity contribution is 7.58. The smallest absolute Gasteiger partial charge is 0.214 e. The largest absolute Gasteiger partial charge is 0.492 e. The van der Waals surface area contributed by atoms with Gasteiger partial charge in [0, 0.05) is 62.6 Å². The topological polar surface area (TPSA) is 154 Å². The monoisotopic (exact) mass is 1900 g/mol. The van der Waals surface area contributed by atoms with E-state index in [1.54, 1.807) is 22.7 Å². The zero-order chi connectivity index (χ0) is 92.7. The van der Waals surface area contributed by atoms with Crippen molar-refractivity contribution < 1.29 is 19.1 Å². The lowest BCUT2D eigenvalue weighted by Crippen LogP contribution is -2.30. The minimum Gasteiger partial charge on any atom is -0.492 e. The third-order valence-electron chi connectivity index (χ3n) is 29.6. The number of hydrogen-bond donors (Lipinski definition) is 0. The fourth-order valence-corrected chi connectivity index (χ4v) is 28.0. The molecule has 4 aliphatic carbocycles. The van der Waals surface area contributed by atoms with Gasteiger partial charge in [0.25, 0.3) is 0 Å². The lowest BCUT2D eigenvalue weighted by molar-refractivity contribution is 0.103. The number of ether oxygens (including phenoxy) is 2. The highest BCUT2D eigenvalue weighted by atomic mass is 32.1. The van der Waals surface area contributed by atoms with Crippen molar-refractivity contribution in [3.05, 3.63) is 283 Å². The Morgan fingerprint density at radius 1 is 0.309 bits per heavy atom. The molecule has 2 aliphatic heterocycles. The summed E-state index contributed by atoms with van der Waals surface area (Å²) >= 11 is 9.69. The number of carbonyl (C=O) groups is 2. The Kier molecular flexibility index (Phi) is 26.8. The minimum absolute atomic E-state index is 0.115. The van der Waals surface area contributed by atoms with Crippen LogP contribution in [0.15, 0.2) is 212 Å². The first-order valence-corrected chi connectivity index (χ1v) is 55.2. The number of thiophene rings is 4. The molecule has 0 spiro atoms. The molecule has 12 nitrogen and oxygen atoms in total.